The smallest absolute Gasteiger partial charge is 0.157 e. The van der Waals surface area contributed by atoms with Crippen LogP contribution in [0.1, 0.15) is 47.5 Å². The molecule has 3 heteroatoms. The Bertz CT molecular complexity index is 226. The lowest BCUT2D eigenvalue weighted by atomic mass is 10.0. The highest BCUT2D eigenvalue weighted by molar-refractivity contribution is 8.14. The lowest BCUT2D eigenvalue weighted by Crippen LogP contribution is -2.39. The van der Waals surface area contributed by atoms with Crippen molar-refractivity contribution in [2.45, 2.75) is 64.8 Å². The van der Waals surface area contributed by atoms with Crippen molar-refractivity contribution >= 4 is 16.9 Å². The van der Waals surface area contributed by atoms with E-state index in [1.807, 2.05) is 11.8 Å². The van der Waals surface area contributed by atoms with Crippen molar-refractivity contribution in [3.8, 4) is 0 Å². The third-order valence-electron chi connectivity index (χ3n) is 2.88. The number of hydrogen-bond donors (Lipinski definition) is 1. The fourth-order valence-electron chi connectivity index (χ4n) is 1.97. The molecule has 0 saturated heterocycles. The van der Waals surface area contributed by atoms with E-state index in [4.69, 9.17) is 0 Å². The van der Waals surface area contributed by atoms with Crippen LogP contribution in [0.4, 0.5) is 0 Å². The van der Waals surface area contributed by atoms with Crippen LogP contribution in [0.2, 0.25) is 0 Å². The first kappa shape index (κ1) is 12.9. The Morgan fingerprint density at radius 3 is 2.60 bits per heavy atom. The largest absolute Gasteiger partial charge is 0.362 e. The summed E-state index contributed by atoms with van der Waals surface area (Å²) < 4.78 is 0. The van der Waals surface area contributed by atoms with Crippen LogP contribution in [0.15, 0.2) is 4.99 Å². The Labute approximate surface area is 98.3 Å². The van der Waals surface area contributed by atoms with Crippen LogP contribution in [0, 0.1) is 5.92 Å². The minimum absolute atomic E-state index is 0.480. The maximum absolute atomic E-state index is 4.67. The molecule has 2 nitrogen and oxygen atoms in total. The summed E-state index contributed by atoms with van der Waals surface area (Å²) in [5.41, 5.74) is 0. The van der Waals surface area contributed by atoms with E-state index >= 15 is 0 Å². The van der Waals surface area contributed by atoms with Gasteiger partial charge in [-0.15, -0.1) is 0 Å². The maximum atomic E-state index is 4.67. The van der Waals surface area contributed by atoms with Gasteiger partial charge < -0.3 is 5.32 Å². The standard InChI is InChI=1S/C12H24N2S/c1-6-11(8(2)3)14-12-13-9(4)7-10(5)15-12/h8-11H,6-7H2,1-5H3,(H,13,14). The van der Waals surface area contributed by atoms with Gasteiger partial charge in [-0.3, -0.25) is 4.99 Å². The van der Waals surface area contributed by atoms with Crippen LogP contribution in [-0.2, 0) is 0 Å². The van der Waals surface area contributed by atoms with Crippen LogP contribution < -0.4 is 5.32 Å². The van der Waals surface area contributed by atoms with Gasteiger partial charge in [-0.05, 0) is 25.7 Å². The topological polar surface area (TPSA) is 24.4 Å². The summed E-state index contributed by atoms with van der Waals surface area (Å²) in [6, 6.07) is 1.04. The van der Waals surface area contributed by atoms with Crippen molar-refractivity contribution in [1.82, 2.24) is 5.32 Å². The van der Waals surface area contributed by atoms with Crippen LogP contribution in [0.25, 0.3) is 0 Å². The van der Waals surface area contributed by atoms with Gasteiger partial charge >= 0.3 is 0 Å². The summed E-state index contributed by atoms with van der Waals surface area (Å²) in [5.74, 6) is 0.672. The van der Waals surface area contributed by atoms with Gasteiger partial charge in [0.25, 0.3) is 0 Å². The second kappa shape index (κ2) is 5.78. The summed E-state index contributed by atoms with van der Waals surface area (Å²) in [7, 11) is 0. The molecular formula is C12H24N2S. The first-order valence-electron chi connectivity index (χ1n) is 6.03. The van der Waals surface area contributed by atoms with Gasteiger partial charge in [0.05, 0.1) is 6.04 Å². The average molecular weight is 228 g/mol. The third-order valence-corrected chi connectivity index (χ3v) is 3.92. The molecule has 0 amide bonds. The van der Waals surface area contributed by atoms with Crippen LogP contribution in [0.5, 0.6) is 0 Å². The molecule has 0 saturated carbocycles. The first-order chi connectivity index (χ1) is 7.02. The molecule has 0 fully saturated rings. The van der Waals surface area contributed by atoms with E-state index in [2.05, 4.69) is 44.9 Å². The zero-order valence-electron chi connectivity index (χ0n) is 10.6. The maximum Gasteiger partial charge on any atom is 0.157 e. The summed E-state index contributed by atoms with van der Waals surface area (Å²) in [4.78, 5) is 4.67. The number of rotatable bonds is 3. The Morgan fingerprint density at radius 1 is 1.47 bits per heavy atom. The van der Waals surface area contributed by atoms with Crippen molar-refractivity contribution in [3.63, 3.8) is 0 Å². The molecule has 1 N–H and O–H groups in total. The molecule has 1 aliphatic rings. The minimum atomic E-state index is 0.480. The van der Waals surface area contributed by atoms with Crippen LogP contribution in [-0.4, -0.2) is 22.5 Å². The number of nitrogens with one attached hydrogen (secondary N) is 1. The van der Waals surface area contributed by atoms with E-state index < -0.39 is 0 Å². The molecule has 3 unspecified atom stereocenters. The number of thioether (sulfide) groups is 1. The summed E-state index contributed by atoms with van der Waals surface area (Å²) in [6.07, 6.45) is 2.37. The average Bonchev–Trinajstić information content (AvgIpc) is 2.12. The molecule has 0 bridgehead atoms. The fraction of sp³-hybridized carbons (Fsp3) is 0.917. The molecule has 0 aromatic heterocycles. The van der Waals surface area contributed by atoms with Gasteiger partial charge in [-0.25, -0.2) is 0 Å². The van der Waals surface area contributed by atoms with Gasteiger partial charge in [0.1, 0.15) is 0 Å². The molecule has 0 aromatic rings. The number of aliphatic imine (C=N–C) groups is 1. The molecule has 1 aliphatic heterocycles. The SMILES string of the molecule is CCC(NC1=NC(C)CC(C)S1)C(C)C. The molecule has 0 aromatic carbocycles. The van der Waals surface area contributed by atoms with E-state index in [9.17, 15) is 0 Å². The zero-order valence-corrected chi connectivity index (χ0v) is 11.4. The third kappa shape index (κ3) is 4.06. The minimum Gasteiger partial charge on any atom is -0.362 e. The Morgan fingerprint density at radius 2 is 2.13 bits per heavy atom. The molecule has 3 atom stereocenters. The van der Waals surface area contributed by atoms with Gasteiger partial charge in [0.2, 0.25) is 0 Å². The predicted molar refractivity (Wildman–Crippen MR) is 70.6 cm³/mol. The van der Waals surface area contributed by atoms with Gasteiger partial charge in [0, 0.05) is 11.3 Å². The normalized spacial score (nSPS) is 28.8. The number of amidine groups is 1. The monoisotopic (exact) mass is 228 g/mol. The summed E-state index contributed by atoms with van der Waals surface area (Å²) >= 11 is 1.89. The molecule has 0 spiro atoms. The predicted octanol–water partition coefficient (Wildman–Crippen LogP) is 3.28. The Kier molecular flexibility index (Phi) is 4.97. The highest BCUT2D eigenvalue weighted by Gasteiger charge is 2.21. The van der Waals surface area contributed by atoms with E-state index in [0.717, 1.165) is 5.17 Å². The second-order valence-corrected chi connectivity index (χ2v) is 6.28. The van der Waals surface area contributed by atoms with Gasteiger partial charge in [0.15, 0.2) is 5.17 Å². The van der Waals surface area contributed by atoms with Gasteiger partial charge in [-0.1, -0.05) is 39.5 Å². The summed E-state index contributed by atoms with van der Waals surface area (Å²) in [5, 5.41) is 5.43. The molecule has 88 valence electrons. The Hall–Kier alpha value is -0.180. The van der Waals surface area contributed by atoms with Crippen molar-refractivity contribution < 1.29 is 0 Å². The summed E-state index contributed by atoms with van der Waals surface area (Å²) in [6.45, 7) is 11.3. The molecular weight excluding hydrogens is 204 g/mol. The molecule has 15 heavy (non-hydrogen) atoms. The van der Waals surface area contributed by atoms with Crippen molar-refractivity contribution in [1.29, 1.82) is 0 Å². The fourth-order valence-corrected chi connectivity index (χ4v) is 3.19. The highest BCUT2D eigenvalue weighted by Crippen LogP contribution is 2.24. The number of nitrogens with zero attached hydrogens (tertiary/aromatic N) is 1. The lowest BCUT2D eigenvalue weighted by Gasteiger charge is -2.28. The van der Waals surface area contributed by atoms with Crippen LogP contribution >= 0.6 is 11.8 Å². The molecule has 1 heterocycles. The van der Waals surface area contributed by atoms with E-state index in [-0.39, 0.29) is 0 Å². The van der Waals surface area contributed by atoms with E-state index in [1.54, 1.807) is 0 Å². The highest BCUT2D eigenvalue weighted by atomic mass is 32.2. The quantitative estimate of drug-likeness (QED) is 0.801. The van der Waals surface area contributed by atoms with Crippen molar-refractivity contribution in [2.75, 3.05) is 0 Å². The van der Waals surface area contributed by atoms with Gasteiger partial charge in [-0.2, -0.15) is 0 Å². The van der Waals surface area contributed by atoms with Crippen molar-refractivity contribution in [2.24, 2.45) is 10.9 Å². The van der Waals surface area contributed by atoms with Crippen LogP contribution in [0.3, 0.4) is 0 Å². The molecule has 0 radical (unpaired) electrons. The molecule has 0 aliphatic carbocycles. The second-order valence-electron chi connectivity index (χ2n) is 4.85. The number of hydrogen-bond acceptors (Lipinski definition) is 3. The van der Waals surface area contributed by atoms with E-state index in [1.165, 1.54) is 12.8 Å². The lowest BCUT2D eigenvalue weighted by molar-refractivity contribution is 0.442. The van der Waals surface area contributed by atoms with E-state index in [0.29, 0.717) is 23.3 Å². The molecule has 1 rings (SSSR count). The Balaban J connectivity index is 2.56. The van der Waals surface area contributed by atoms with Crippen molar-refractivity contribution in [3.05, 3.63) is 0 Å². The zero-order chi connectivity index (χ0) is 11.4. The first-order valence-corrected chi connectivity index (χ1v) is 6.91.